The summed E-state index contributed by atoms with van der Waals surface area (Å²) in [6.07, 6.45) is 0.242. The van der Waals surface area contributed by atoms with Crippen LogP contribution in [0.5, 0.6) is 0 Å². The third kappa shape index (κ3) is 3.98. The molecular formula is C11H13ClFNO. The SMILES string of the molecule is CN(C)CC(=O)Cc1ccc(Cl)c(F)c1. The fourth-order valence-electron chi connectivity index (χ4n) is 1.29. The summed E-state index contributed by atoms with van der Waals surface area (Å²) in [6, 6.07) is 4.43. The lowest BCUT2D eigenvalue weighted by Crippen LogP contribution is -2.22. The second-order valence-electron chi connectivity index (χ2n) is 3.70. The molecule has 0 fully saturated rings. The molecule has 15 heavy (non-hydrogen) atoms. The van der Waals surface area contributed by atoms with Gasteiger partial charge in [0.1, 0.15) is 5.82 Å². The van der Waals surface area contributed by atoms with E-state index in [9.17, 15) is 9.18 Å². The van der Waals surface area contributed by atoms with Crippen molar-refractivity contribution in [2.75, 3.05) is 20.6 Å². The van der Waals surface area contributed by atoms with Gasteiger partial charge in [0, 0.05) is 6.42 Å². The van der Waals surface area contributed by atoms with Crippen molar-refractivity contribution in [2.45, 2.75) is 6.42 Å². The van der Waals surface area contributed by atoms with Crippen molar-refractivity contribution in [3.63, 3.8) is 0 Å². The lowest BCUT2D eigenvalue weighted by atomic mass is 10.1. The van der Waals surface area contributed by atoms with Gasteiger partial charge in [-0.2, -0.15) is 0 Å². The van der Waals surface area contributed by atoms with Crippen LogP contribution in [0.3, 0.4) is 0 Å². The molecule has 1 aromatic carbocycles. The van der Waals surface area contributed by atoms with E-state index in [0.717, 1.165) is 0 Å². The summed E-state index contributed by atoms with van der Waals surface area (Å²) in [5, 5.41) is 0.0822. The molecule has 0 aromatic heterocycles. The van der Waals surface area contributed by atoms with Crippen LogP contribution < -0.4 is 0 Å². The second-order valence-corrected chi connectivity index (χ2v) is 4.11. The zero-order valence-corrected chi connectivity index (χ0v) is 9.51. The van der Waals surface area contributed by atoms with Gasteiger partial charge in [0.15, 0.2) is 5.78 Å². The highest BCUT2D eigenvalue weighted by atomic mass is 35.5. The molecule has 0 bridgehead atoms. The minimum Gasteiger partial charge on any atom is -0.302 e. The Kier molecular flexibility index (Phi) is 4.24. The van der Waals surface area contributed by atoms with Crippen molar-refractivity contribution in [1.82, 2.24) is 4.90 Å². The van der Waals surface area contributed by atoms with Crippen LogP contribution >= 0.6 is 11.6 Å². The average Bonchev–Trinajstić information content (AvgIpc) is 2.10. The zero-order valence-electron chi connectivity index (χ0n) is 8.76. The van der Waals surface area contributed by atoms with Gasteiger partial charge in [0.25, 0.3) is 0 Å². The van der Waals surface area contributed by atoms with Gasteiger partial charge in [-0.05, 0) is 31.8 Å². The average molecular weight is 230 g/mol. The van der Waals surface area contributed by atoms with Gasteiger partial charge in [-0.1, -0.05) is 17.7 Å². The maximum Gasteiger partial charge on any atom is 0.151 e. The van der Waals surface area contributed by atoms with Crippen LogP contribution in [-0.2, 0) is 11.2 Å². The third-order valence-corrected chi connectivity index (χ3v) is 2.18. The lowest BCUT2D eigenvalue weighted by Gasteiger charge is -2.08. The number of hydrogen-bond donors (Lipinski definition) is 0. The highest BCUT2D eigenvalue weighted by Gasteiger charge is 2.07. The van der Waals surface area contributed by atoms with E-state index >= 15 is 0 Å². The van der Waals surface area contributed by atoms with Crippen LogP contribution in [0.15, 0.2) is 18.2 Å². The summed E-state index contributed by atoms with van der Waals surface area (Å²) in [4.78, 5) is 13.2. The molecule has 0 atom stereocenters. The number of carbonyl (C=O) groups excluding carboxylic acids is 1. The molecule has 82 valence electrons. The van der Waals surface area contributed by atoms with E-state index in [1.54, 1.807) is 11.0 Å². The molecule has 0 spiro atoms. The molecule has 4 heteroatoms. The van der Waals surface area contributed by atoms with Crippen molar-refractivity contribution in [2.24, 2.45) is 0 Å². The first-order valence-corrected chi connectivity index (χ1v) is 4.97. The number of Topliss-reactive ketones (excluding diaryl/α,β-unsaturated/α-hetero) is 1. The number of halogens is 2. The second kappa shape index (κ2) is 5.24. The normalized spacial score (nSPS) is 10.7. The molecule has 2 nitrogen and oxygen atoms in total. The number of nitrogens with zero attached hydrogens (tertiary/aromatic N) is 1. The number of carbonyl (C=O) groups is 1. The van der Waals surface area contributed by atoms with E-state index in [4.69, 9.17) is 11.6 Å². The number of likely N-dealkylation sites (N-methyl/N-ethyl adjacent to an activating group) is 1. The van der Waals surface area contributed by atoms with E-state index in [1.165, 1.54) is 12.1 Å². The molecular weight excluding hydrogens is 217 g/mol. The maximum absolute atomic E-state index is 13.0. The lowest BCUT2D eigenvalue weighted by molar-refractivity contribution is -0.119. The number of hydrogen-bond acceptors (Lipinski definition) is 2. The molecule has 0 saturated carbocycles. The Balaban J connectivity index is 2.65. The van der Waals surface area contributed by atoms with Crippen molar-refractivity contribution < 1.29 is 9.18 Å². The van der Waals surface area contributed by atoms with Crippen molar-refractivity contribution in [3.05, 3.63) is 34.6 Å². The Morgan fingerprint density at radius 2 is 2.13 bits per heavy atom. The van der Waals surface area contributed by atoms with Gasteiger partial charge in [-0.25, -0.2) is 4.39 Å². The first kappa shape index (κ1) is 12.1. The van der Waals surface area contributed by atoms with E-state index in [2.05, 4.69) is 0 Å². The van der Waals surface area contributed by atoms with E-state index < -0.39 is 5.82 Å². The predicted molar refractivity (Wildman–Crippen MR) is 58.7 cm³/mol. The highest BCUT2D eigenvalue weighted by Crippen LogP contribution is 2.15. The van der Waals surface area contributed by atoms with Crippen LogP contribution in [0.2, 0.25) is 5.02 Å². The molecule has 0 radical (unpaired) electrons. The summed E-state index contributed by atoms with van der Waals surface area (Å²) >= 11 is 5.53. The van der Waals surface area contributed by atoms with Crippen LogP contribution in [0.25, 0.3) is 0 Å². The minimum atomic E-state index is -0.480. The zero-order chi connectivity index (χ0) is 11.4. The molecule has 0 aliphatic heterocycles. The van der Waals surface area contributed by atoms with Gasteiger partial charge in [-0.3, -0.25) is 4.79 Å². The largest absolute Gasteiger partial charge is 0.302 e. The summed E-state index contributed by atoms with van der Waals surface area (Å²) in [5.74, 6) is -0.423. The fourth-order valence-corrected chi connectivity index (χ4v) is 1.40. The first-order chi connectivity index (χ1) is 6.99. The minimum absolute atomic E-state index is 0.0572. The Morgan fingerprint density at radius 3 is 2.67 bits per heavy atom. The number of benzene rings is 1. The summed E-state index contributed by atoms with van der Waals surface area (Å²) in [6.45, 7) is 0.365. The third-order valence-electron chi connectivity index (χ3n) is 1.88. The smallest absolute Gasteiger partial charge is 0.151 e. The molecule has 0 saturated heterocycles. The molecule has 0 aliphatic rings. The van der Waals surface area contributed by atoms with Gasteiger partial charge in [0.05, 0.1) is 11.6 Å². The molecule has 0 aliphatic carbocycles. The summed E-state index contributed by atoms with van der Waals surface area (Å²) in [5.41, 5.74) is 0.656. The number of rotatable bonds is 4. The summed E-state index contributed by atoms with van der Waals surface area (Å²) in [7, 11) is 3.64. The van der Waals surface area contributed by atoms with Crippen molar-refractivity contribution in [3.8, 4) is 0 Å². The Bertz CT molecular complexity index is 366. The van der Waals surface area contributed by atoms with Crippen LogP contribution in [0, 0.1) is 5.82 Å². The first-order valence-electron chi connectivity index (χ1n) is 4.59. The fraction of sp³-hybridized carbons (Fsp3) is 0.364. The van der Waals surface area contributed by atoms with E-state index in [-0.39, 0.29) is 17.2 Å². The highest BCUT2D eigenvalue weighted by molar-refractivity contribution is 6.30. The van der Waals surface area contributed by atoms with Crippen molar-refractivity contribution >= 4 is 17.4 Å². The summed E-state index contributed by atoms with van der Waals surface area (Å²) < 4.78 is 13.0. The molecule has 1 rings (SSSR count). The molecule has 0 heterocycles. The molecule has 0 amide bonds. The quantitative estimate of drug-likeness (QED) is 0.789. The number of ketones is 1. The van der Waals surface area contributed by atoms with Crippen molar-refractivity contribution in [1.29, 1.82) is 0 Å². The standard InChI is InChI=1S/C11H13ClFNO/c1-14(2)7-9(15)5-8-3-4-10(12)11(13)6-8/h3-4,6H,5,7H2,1-2H3. The van der Waals surface area contributed by atoms with Gasteiger partial charge in [0.2, 0.25) is 0 Å². The topological polar surface area (TPSA) is 20.3 Å². The van der Waals surface area contributed by atoms with Gasteiger partial charge in [-0.15, -0.1) is 0 Å². The molecule has 0 unspecified atom stereocenters. The van der Waals surface area contributed by atoms with Crippen LogP contribution in [0.1, 0.15) is 5.56 Å². The van der Waals surface area contributed by atoms with Gasteiger partial charge >= 0.3 is 0 Å². The van der Waals surface area contributed by atoms with Gasteiger partial charge < -0.3 is 4.90 Å². The van der Waals surface area contributed by atoms with E-state index in [1.807, 2.05) is 14.1 Å². The Hall–Kier alpha value is -0.930. The van der Waals surface area contributed by atoms with Crippen LogP contribution in [0.4, 0.5) is 4.39 Å². The van der Waals surface area contributed by atoms with E-state index in [0.29, 0.717) is 12.1 Å². The van der Waals surface area contributed by atoms with Crippen LogP contribution in [-0.4, -0.2) is 31.3 Å². The monoisotopic (exact) mass is 229 g/mol. The molecule has 0 N–H and O–H groups in total. The molecule has 1 aromatic rings. The maximum atomic E-state index is 13.0. The Labute approximate surface area is 93.6 Å². The predicted octanol–water partition coefficient (Wildman–Crippen LogP) is 2.15. The Morgan fingerprint density at radius 1 is 1.47 bits per heavy atom.